The van der Waals surface area contributed by atoms with Crippen molar-refractivity contribution in [1.82, 2.24) is 30.2 Å². The van der Waals surface area contributed by atoms with Gasteiger partial charge in [-0.3, -0.25) is 19.1 Å². The molecule has 15 nitrogen and oxygen atoms in total. The third kappa shape index (κ3) is 9.45. The van der Waals surface area contributed by atoms with Crippen molar-refractivity contribution in [3.63, 3.8) is 0 Å². The highest BCUT2D eigenvalue weighted by Gasteiger charge is 2.62. The number of furan rings is 1. The molecule has 20 heteroatoms. The standard InChI is InChI=1S/C43H46F4N6O9S/c1-41(2,3)62-40(57)48-30-10-8-6-4-5-7-9-25-21-42(25,39(56)52-63(58,59)28-16-17-28)51-36(54)31-20-27(22-53(31)38(30)55)60-37-34-33(29-19-26(44)15-18-32(29)61-34)49-35(50-37)23-11-13-24(14-12-23)43(45,46)47/h7,9,11-15,18-19,25,27-28,30-31H,4-6,8,10,16-17,20-22H2,1-3H3,(H,48,57)(H,51,54)(H,52,56)/b9-7-/t25-,27-,30+,31+,42-/m1/s1. The molecule has 0 unspecified atom stereocenters. The molecule has 5 atom stereocenters. The Labute approximate surface area is 359 Å². The van der Waals surface area contributed by atoms with Gasteiger partial charge in [-0.05, 0) is 89.6 Å². The van der Waals surface area contributed by atoms with Crippen LogP contribution in [0, 0.1) is 11.7 Å². The highest BCUT2D eigenvalue weighted by molar-refractivity contribution is 7.91. The summed E-state index contributed by atoms with van der Waals surface area (Å²) in [6.45, 7) is 4.73. The summed E-state index contributed by atoms with van der Waals surface area (Å²) in [4.78, 5) is 66.4. The quantitative estimate of drug-likeness (QED) is 0.136. The largest absolute Gasteiger partial charge is 0.470 e. The molecule has 3 N–H and O–H groups in total. The summed E-state index contributed by atoms with van der Waals surface area (Å²) in [7, 11) is -4.00. The van der Waals surface area contributed by atoms with Crippen LogP contribution in [0.2, 0.25) is 0 Å². The number of ether oxygens (including phenoxy) is 2. The fourth-order valence-electron chi connectivity index (χ4n) is 8.06. The van der Waals surface area contributed by atoms with Gasteiger partial charge >= 0.3 is 12.3 Å². The predicted octanol–water partition coefficient (Wildman–Crippen LogP) is 6.45. The van der Waals surface area contributed by atoms with Crippen LogP contribution in [0.4, 0.5) is 22.4 Å². The number of hydrogen-bond acceptors (Lipinski definition) is 11. The molecule has 336 valence electrons. The normalized spacial score (nSPS) is 25.3. The SMILES string of the molecule is CC(C)(C)OC(=O)N[C@H]1CCCCC/C=C\[C@@H]2C[C@@]2(C(=O)NS(=O)(=O)C2CC2)NC(=O)[C@@H]2C[C@@H](Oc3nc(-c4ccc(C(F)(F)F)cc4)nc4c3oc3ccc(F)cc34)CN2C1=O. The highest BCUT2D eigenvalue weighted by Crippen LogP contribution is 2.46. The Kier molecular flexibility index (Phi) is 11.4. The first kappa shape index (κ1) is 43.8. The molecule has 63 heavy (non-hydrogen) atoms. The van der Waals surface area contributed by atoms with Crippen LogP contribution < -0.4 is 20.1 Å². The van der Waals surface area contributed by atoms with Crippen molar-refractivity contribution in [3.05, 3.63) is 66.0 Å². The lowest BCUT2D eigenvalue weighted by Gasteiger charge is -2.30. The van der Waals surface area contributed by atoms with E-state index in [0.717, 1.165) is 18.2 Å². The number of alkyl halides is 3. The van der Waals surface area contributed by atoms with E-state index in [1.807, 2.05) is 6.08 Å². The van der Waals surface area contributed by atoms with E-state index in [1.54, 1.807) is 26.8 Å². The fourth-order valence-corrected chi connectivity index (χ4v) is 9.43. The number of nitrogens with one attached hydrogen (secondary N) is 3. The van der Waals surface area contributed by atoms with Gasteiger partial charge < -0.3 is 29.4 Å². The fraction of sp³-hybridized carbons (Fsp3) is 0.488. The smallest absolute Gasteiger partial charge is 0.416 e. The molecule has 2 aliphatic carbocycles. The topological polar surface area (TPSA) is 199 Å². The number of sulfonamides is 1. The van der Waals surface area contributed by atoms with Crippen molar-refractivity contribution in [3.8, 4) is 17.3 Å². The maximum Gasteiger partial charge on any atom is 0.416 e. The Morgan fingerprint density at radius 3 is 2.44 bits per heavy atom. The average Bonchev–Trinajstić information content (AvgIpc) is 4.11. The van der Waals surface area contributed by atoms with Crippen molar-refractivity contribution < 1.29 is 59.0 Å². The molecule has 0 spiro atoms. The second-order valence-electron chi connectivity index (χ2n) is 17.5. The summed E-state index contributed by atoms with van der Waals surface area (Å²) < 4.78 is 101. The van der Waals surface area contributed by atoms with Gasteiger partial charge in [0.2, 0.25) is 27.4 Å². The van der Waals surface area contributed by atoms with E-state index in [0.29, 0.717) is 38.5 Å². The summed E-state index contributed by atoms with van der Waals surface area (Å²) in [5, 5.41) is 4.97. The zero-order valence-corrected chi connectivity index (χ0v) is 35.4. The van der Waals surface area contributed by atoms with E-state index < -0.39 is 91.9 Å². The first-order chi connectivity index (χ1) is 29.7. The molecule has 2 saturated carbocycles. The van der Waals surface area contributed by atoms with Crippen LogP contribution in [-0.4, -0.2) is 88.2 Å². The van der Waals surface area contributed by atoms with Crippen LogP contribution in [0.5, 0.6) is 5.88 Å². The summed E-state index contributed by atoms with van der Waals surface area (Å²) in [6.07, 6.45) is 0.538. The number of nitrogens with zero attached hydrogens (tertiary/aromatic N) is 3. The number of aromatic nitrogens is 2. The van der Waals surface area contributed by atoms with Gasteiger partial charge in [0.15, 0.2) is 5.82 Å². The van der Waals surface area contributed by atoms with Gasteiger partial charge in [0.05, 0.1) is 17.4 Å². The number of carbonyl (C=O) groups is 4. The van der Waals surface area contributed by atoms with Crippen LogP contribution in [0.3, 0.4) is 0 Å². The first-order valence-corrected chi connectivity index (χ1v) is 22.3. The number of rotatable bonds is 7. The number of amides is 4. The minimum absolute atomic E-state index is 0.0453. The van der Waals surface area contributed by atoms with E-state index in [4.69, 9.17) is 13.9 Å². The Balaban J connectivity index is 1.16. The lowest BCUT2D eigenvalue weighted by molar-refractivity contribution is -0.141. The maximum absolute atomic E-state index is 14.7. The van der Waals surface area contributed by atoms with Gasteiger partial charge in [0.25, 0.3) is 11.8 Å². The van der Waals surface area contributed by atoms with Crippen molar-refractivity contribution in [2.24, 2.45) is 5.92 Å². The molecular weight excluding hydrogens is 853 g/mol. The zero-order chi connectivity index (χ0) is 45.1. The summed E-state index contributed by atoms with van der Waals surface area (Å²) in [5.74, 6) is -3.81. The van der Waals surface area contributed by atoms with E-state index in [-0.39, 0.29) is 65.1 Å². The van der Waals surface area contributed by atoms with Gasteiger partial charge in [-0.15, -0.1) is 0 Å². The van der Waals surface area contributed by atoms with E-state index in [1.165, 1.54) is 29.2 Å². The molecule has 8 rings (SSSR count). The van der Waals surface area contributed by atoms with Crippen LogP contribution in [-0.2, 0) is 35.3 Å². The maximum atomic E-state index is 14.7. The van der Waals surface area contributed by atoms with Gasteiger partial charge in [-0.25, -0.2) is 22.6 Å². The van der Waals surface area contributed by atoms with Gasteiger partial charge in [0.1, 0.15) is 46.2 Å². The molecule has 1 saturated heterocycles. The monoisotopic (exact) mass is 898 g/mol. The third-order valence-electron chi connectivity index (χ3n) is 11.5. The van der Waals surface area contributed by atoms with E-state index in [9.17, 15) is 45.2 Å². The van der Waals surface area contributed by atoms with Crippen molar-refractivity contribution in [2.75, 3.05) is 6.54 Å². The van der Waals surface area contributed by atoms with Gasteiger partial charge in [-0.2, -0.15) is 18.2 Å². The number of fused-ring (bicyclic) bond motifs is 5. The minimum atomic E-state index is -4.61. The molecule has 4 aromatic rings. The van der Waals surface area contributed by atoms with Gasteiger partial charge in [0, 0.05) is 23.3 Å². The molecule has 2 aromatic heterocycles. The Bertz CT molecular complexity index is 2610. The number of benzene rings is 2. The lowest BCUT2D eigenvalue weighted by atomic mass is 10.0. The highest BCUT2D eigenvalue weighted by atomic mass is 32.2. The number of halogens is 4. The predicted molar refractivity (Wildman–Crippen MR) is 219 cm³/mol. The molecule has 3 fully saturated rings. The van der Waals surface area contributed by atoms with E-state index in [2.05, 4.69) is 25.3 Å². The molecule has 4 amide bonds. The van der Waals surface area contributed by atoms with Crippen molar-refractivity contribution >= 4 is 55.9 Å². The molecular formula is C43H46F4N6O9S. The van der Waals surface area contributed by atoms with Crippen LogP contribution in [0.1, 0.15) is 84.1 Å². The van der Waals surface area contributed by atoms with E-state index >= 15 is 0 Å². The zero-order valence-electron chi connectivity index (χ0n) is 34.6. The molecule has 4 heterocycles. The molecule has 2 aromatic carbocycles. The summed E-state index contributed by atoms with van der Waals surface area (Å²) in [6, 6.07) is 5.27. The van der Waals surface area contributed by atoms with Crippen LogP contribution >= 0.6 is 0 Å². The minimum Gasteiger partial charge on any atom is -0.470 e. The molecule has 0 bridgehead atoms. The average molecular weight is 899 g/mol. The lowest BCUT2D eigenvalue weighted by Crippen LogP contribution is -2.58. The number of hydrogen-bond donors (Lipinski definition) is 3. The Morgan fingerprint density at radius 2 is 1.75 bits per heavy atom. The van der Waals surface area contributed by atoms with Crippen molar-refractivity contribution in [2.45, 2.75) is 119 Å². The Hall–Kier alpha value is -5.79. The second kappa shape index (κ2) is 16.4. The summed E-state index contributed by atoms with van der Waals surface area (Å²) in [5.41, 5.74) is -3.07. The molecule has 4 aliphatic rings. The summed E-state index contributed by atoms with van der Waals surface area (Å²) >= 11 is 0. The number of carbonyl (C=O) groups excluding carboxylic acids is 4. The Morgan fingerprint density at radius 1 is 1.00 bits per heavy atom. The third-order valence-corrected chi connectivity index (χ3v) is 13.3. The number of allylic oxidation sites excluding steroid dienone is 1. The molecule has 0 radical (unpaired) electrons. The van der Waals surface area contributed by atoms with Crippen molar-refractivity contribution in [1.29, 1.82) is 0 Å². The van der Waals surface area contributed by atoms with Gasteiger partial charge in [-0.1, -0.05) is 37.1 Å². The van der Waals surface area contributed by atoms with Crippen LogP contribution in [0.25, 0.3) is 33.5 Å². The second-order valence-corrected chi connectivity index (χ2v) is 19.5. The molecule has 2 aliphatic heterocycles. The first-order valence-electron chi connectivity index (χ1n) is 20.8. The van der Waals surface area contributed by atoms with Crippen LogP contribution in [0.15, 0.2) is 59.0 Å². The number of alkyl carbamates (subject to hydrolysis) is 1.